The zero-order chi connectivity index (χ0) is 14.9. The molecule has 0 amide bonds. The van der Waals surface area contributed by atoms with Crippen LogP contribution >= 0.6 is 0 Å². The number of hydrogen-bond donors (Lipinski definition) is 0. The van der Waals surface area contributed by atoms with Crippen LogP contribution in [0.2, 0.25) is 0 Å². The van der Waals surface area contributed by atoms with Gasteiger partial charge in [-0.05, 0) is 24.3 Å². The van der Waals surface area contributed by atoms with E-state index in [0.717, 1.165) is 12.8 Å². The number of ether oxygens (including phenoxy) is 1. The molecule has 2 unspecified atom stereocenters. The molecule has 0 aromatic heterocycles. The molecule has 2 rings (SSSR count). The standard InChI is InChI=1S/C19H28O2/c1-2-3-4-5-6-7-11-14-21-19(20)18-15-17(18)16-12-9-8-10-13-16/h8-10,12-13,17-18H,2-7,11,14-15H2,1H3. The van der Waals surface area contributed by atoms with Crippen LogP contribution in [0.15, 0.2) is 30.3 Å². The molecule has 1 aromatic rings. The highest BCUT2D eigenvalue weighted by Gasteiger charge is 2.44. The van der Waals surface area contributed by atoms with Crippen molar-refractivity contribution in [1.82, 2.24) is 0 Å². The smallest absolute Gasteiger partial charge is 0.309 e. The summed E-state index contributed by atoms with van der Waals surface area (Å²) in [5, 5.41) is 0. The molecule has 1 aliphatic rings. The molecule has 2 heteroatoms. The summed E-state index contributed by atoms with van der Waals surface area (Å²) in [4.78, 5) is 11.9. The lowest BCUT2D eigenvalue weighted by Crippen LogP contribution is -2.09. The van der Waals surface area contributed by atoms with Crippen molar-refractivity contribution in [3.63, 3.8) is 0 Å². The molecular weight excluding hydrogens is 260 g/mol. The van der Waals surface area contributed by atoms with Gasteiger partial charge in [0.25, 0.3) is 0 Å². The highest BCUT2D eigenvalue weighted by atomic mass is 16.5. The van der Waals surface area contributed by atoms with Crippen molar-refractivity contribution < 1.29 is 9.53 Å². The summed E-state index contributed by atoms with van der Waals surface area (Å²) < 4.78 is 5.41. The first kappa shape index (κ1) is 16.1. The maximum Gasteiger partial charge on any atom is 0.309 e. The van der Waals surface area contributed by atoms with Crippen molar-refractivity contribution in [3.8, 4) is 0 Å². The molecule has 2 nitrogen and oxygen atoms in total. The first-order valence-electron chi connectivity index (χ1n) is 8.54. The zero-order valence-corrected chi connectivity index (χ0v) is 13.2. The Balaban J connectivity index is 1.51. The molecule has 0 heterocycles. The van der Waals surface area contributed by atoms with Crippen molar-refractivity contribution in [2.75, 3.05) is 6.61 Å². The van der Waals surface area contributed by atoms with Crippen molar-refractivity contribution in [1.29, 1.82) is 0 Å². The number of carbonyl (C=O) groups excluding carboxylic acids is 1. The molecule has 1 aliphatic carbocycles. The lowest BCUT2D eigenvalue weighted by molar-refractivity contribution is -0.145. The average molecular weight is 288 g/mol. The van der Waals surface area contributed by atoms with E-state index in [-0.39, 0.29) is 11.9 Å². The number of hydrogen-bond acceptors (Lipinski definition) is 2. The van der Waals surface area contributed by atoms with E-state index >= 15 is 0 Å². The molecule has 0 bridgehead atoms. The highest BCUT2D eigenvalue weighted by molar-refractivity contribution is 5.77. The van der Waals surface area contributed by atoms with Crippen LogP contribution in [0.4, 0.5) is 0 Å². The molecule has 2 atom stereocenters. The van der Waals surface area contributed by atoms with Crippen molar-refractivity contribution in [2.45, 2.75) is 64.2 Å². The third-order valence-corrected chi connectivity index (χ3v) is 4.31. The molecule has 0 saturated heterocycles. The lowest BCUT2D eigenvalue weighted by Gasteiger charge is -2.05. The van der Waals surface area contributed by atoms with Gasteiger partial charge in [0.2, 0.25) is 0 Å². The fraction of sp³-hybridized carbons (Fsp3) is 0.632. The quantitative estimate of drug-likeness (QED) is 0.443. The largest absolute Gasteiger partial charge is 0.465 e. The summed E-state index contributed by atoms with van der Waals surface area (Å²) in [6.07, 6.45) is 9.73. The minimum absolute atomic E-state index is 0.00911. The van der Waals surface area contributed by atoms with E-state index in [4.69, 9.17) is 4.74 Å². The Morgan fingerprint density at radius 1 is 1.05 bits per heavy atom. The first-order valence-corrected chi connectivity index (χ1v) is 8.54. The van der Waals surface area contributed by atoms with Crippen LogP contribution in [-0.4, -0.2) is 12.6 Å². The van der Waals surface area contributed by atoms with Gasteiger partial charge < -0.3 is 4.74 Å². The van der Waals surface area contributed by atoms with Crippen molar-refractivity contribution in [2.24, 2.45) is 5.92 Å². The molecule has 0 radical (unpaired) electrons. The summed E-state index contributed by atoms with van der Waals surface area (Å²) in [5.74, 6) is 0.513. The minimum atomic E-state index is 0.00911. The number of esters is 1. The van der Waals surface area contributed by atoms with E-state index in [1.807, 2.05) is 18.2 Å². The van der Waals surface area contributed by atoms with Gasteiger partial charge in [-0.25, -0.2) is 0 Å². The Kier molecular flexibility index (Phi) is 6.78. The molecule has 0 N–H and O–H groups in total. The van der Waals surface area contributed by atoms with Crippen LogP contribution in [0.5, 0.6) is 0 Å². The molecular formula is C19H28O2. The Bertz CT molecular complexity index is 413. The zero-order valence-electron chi connectivity index (χ0n) is 13.2. The number of carbonyl (C=O) groups is 1. The molecule has 1 saturated carbocycles. The first-order chi connectivity index (χ1) is 10.3. The van der Waals surface area contributed by atoms with Crippen molar-refractivity contribution in [3.05, 3.63) is 35.9 Å². The van der Waals surface area contributed by atoms with Crippen LogP contribution in [0, 0.1) is 5.92 Å². The lowest BCUT2D eigenvalue weighted by atomic mass is 10.1. The second-order valence-corrected chi connectivity index (χ2v) is 6.15. The van der Waals surface area contributed by atoms with E-state index < -0.39 is 0 Å². The maximum absolute atomic E-state index is 11.9. The van der Waals surface area contributed by atoms with Crippen LogP contribution in [-0.2, 0) is 9.53 Å². The van der Waals surface area contributed by atoms with Gasteiger partial charge in [-0.3, -0.25) is 4.79 Å². The van der Waals surface area contributed by atoms with Gasteiger partial charge >= 0.3 is 5.97 Å². The number of rotatable bonds is 10. The third kappa shape index (κ3) is 5.53. The summed E-state index contributed by atoms with van der Waals surface area (Å²) in [5.41, 5.74) is 1.27. The van der Waals surface area contributed by atoms with E-state index in [1.54, 1.807) is 0 Å². The molecule has 1 aromatic carbocycles. The average Bonchev–Trinajstić information content (AvgIpc) is 3.31. The number of benzene rings is 1. The van der Waals surface area contributed by atoms with Crippen molar-refractivity contribution >= 4 is 5.97 Å². The Morgan fingerprint density at radius 3 is 2.43 bits per heavy atom. The molecule has 21 heavy (non-hydrogen) atoms. The Morgan fingerprint density at radius 2 is 1.71 bits per heavy atom. The van der Waals surface area contributed by atoms with Gasteiger partial charge in [0, 0.05) is 0 Å². The van der Waals surface area contributed by atoms with Gasteiger partial charge in [0.1, 0.15) is 0 Å². The molecule has 0 aliphatic heterocycles. The second-order valence-electron chi connectivity index (χ2n) is 6.15. The normalized spacial score (nSPS) is 20.2. The van der Waals surface area contributed by atoms with E-state index in [2.05, 4.69) is 19.1 Å². The summed E-state index contributed by atoms with van der Waals surface area (Å²) in [7, 11) is 0. The molecule has 0 spiro atoms. The molecule has 1 fully saturated rings. The van der Waals surface area contributed by atoms with Gasteiger partial charge in [0.15, 0.2) is 0 Å². The SMILES string of the molecule is CCCCCCCCCOC(=O)C1CC1c1ccccc1. The van der Waals surface area contributed by atoms with Crippen LogP contribution in [0.25, 0.3) is 0 Å². The Labute approximate surface area is 128 Å². The van der Waals surface area contributed by atoms with Gasteiger partial charge in [0.05, 0.1) is 12.5 Å². The molecule has 116 valence electrons. The number of unbranched alkanes of at least 4 members (excludes halogenated alkanes) is 6. The topological polar surface area (TPSA) is 26.3 Å². The van der Waals surface area contributed by atoms with E-state index in [1.165, 1.54) is 44.1 Å². The summed E-state index contributed by atoms with van der Waals surface area (Å²) >= 11 is 0. The van der Waals surface area contributed by atoms with Crippen LogP contribution in [0.1, 0.15) is 69.8 Å². The van der Waals surface area contributed by atoms with Gasteiger partial charge in [-0.15, -0.1) is 0 Å². The fourth-order valence-electron chi connectivity index (χ4n) is 2.86. The van der Waals surface area contributed by atoms with Crippen LogP contribution in [0.3, 0.4) is 0 Å². The predicted octanol–water partition coefficient (Wildman–Crippen LogP) is 5.08. The maximum atomic E-state index is 11.9. The monoisotopic (exact) mass is 288 g/mol. The summed E-state index contributed by atoms with van der Waals surface area (Å²) in [6, 6.07) is 10.3. The van der Waals surface area contributed by atoms with Crippen LogP contribution < -0.4 is 0 Å². The second kappa shape index (κ2) is 8.86. The van der Waals surface area contributed by atoms with E-state index in [0.29, 0.717) is 12.5 Å². The summed E-state index contributed by atoms with van der Waals surface area (Å²) in [6.45, 7) is 2.84. The van der Waals surface area contributed by atoms with Gasteiger partial charge in [-0.2, -0.15) is 0 Å². The highest BCUT2D eigenvalue weighted by Crippen LogP contribution is 2.48. The Hall–Kier alpha value is -1.31. The third-order valence-electron chi connectivity index (χ3n) is 4.31. The minimum Gasteiger partial charge on any atom is -0.465 e. The van der Waals surface area contributed by atoms with E-state index in [9.17, 15) is 4.79 Å². The fourth-order valence-corrected chi connectivity index (χ4v) is 2.86. The van der Waals surface area contributed by atoms with Gasteiger partial charge in [-0.1, -0.05) is 75.8 Å². The predicted molar refractivity (Wildman–Crippen MR) is 86.2 cm³/mol.